The van der Waals surface area contributed by atoms with Gasteiger partial charge in [0.15, 0.2) is 11.3 Å². The van der Waals surface area contributed by atoms with Gasteiger partial charge in [0.05, 0.1) is 6.61 Å². The number of ether oxygens (including phenoxy) is 1. The minimum Gasteiger partial charge on any atom is -0.464 e. The van der Waals surface area contributed by atoms with Gasteiger partial charge < -0.3 is 10.1 Å². The summed E-state index contributed by atoms with van der Waals surface area (Å²) < 4.78 is 33.2. The van der Waals surface area contributed by atoms with Crippen LogP contribution in [0.3, 0.4) is 0 Å². The van der Waals surface area contributed by atoms with Gasteiger partial charge in [0.25, 0.3) is 0 Å². The molecule has 2 aromatic carbocycles. The van der Waals surface area contributed by atoms with Crippen molar-refractivity contribution in [2.75, 3.05) is 17.9 Å². The van der Waals surface area contributed by atoms with Gasteiger partial charge in [-0.3, -0.25) is 19.6 Å². The molecule has 232 valence electrons. The van der Waals surface area contributed by atoms with Crippen LogP contribution in [-0.2, 0) is 32.5 Å². The number of thiophene rings is 1. The summed E-state index contributed by atoms with van der Waals surface area (Å²) in [6, 6.07) is 18.0. The highest BCUT2D eigenvalue weighted by Gasteiger charge is 2.50. The normalized spacial score (nSPS) is 13.0. The molecule has 0 bridgehead atoms. The number of Topliss-reactive ketones (excluding diaryl/α,β-unsaturated/α-hetero) is 1. The van der Waals surface area contributed by atoms with Crippen LogP contribution in [0.25, 0.3) is 11.1 Å². The van der Waals surface area contributed by atoms with Crippen molar-refractivity contribution >= 4 is 43.4 Å². The Bertz CT molecular complexity index is 1520. The molecule has 0 aliphatic rings. The molecule has 9 nitrogen and oxygen atoms in total. The maximum Gasteiger partial charge on any atom is 0.357 e. The van der Waals surface area contributed by atoms with Crippen molar-refractivity contribution in [3.8, 4) is 11.1 Å². The first-order valence-electron chi connectivity index (χ1n) is 14.4. The Kier molecular flexibility index (Phi) is 11.7. The number of hydrogen-bond donors (Lipinski definition) is 3. The number of carbonyl (C=O) groups excluding carboxylic acids is 3. The van der Waals surface area contributed by atoms with Crippen LogP contribution in [0.15, 0.2) is 60.7 Å². The van der Waals surface area contributed by atoms with E-state index in [1.165, 1.54) is 11.3 Å². The lowest BCUT2D eigenvalue weighted by Gasteiger charge is -2.35. The molecular formula is C32H41N3O6S2. The summed E-state index contributed by atoms with van der Waals surface area (Å²) in [6.07, 6.45) is 0.753. The van der Waals surface area contributed by atoms with Crippen LogP contribution in [0.1, 0.15) is 62.3 Å². The molecule has 0 fully saturated rings. The van der Waals surface area contributed by atoms with Crippen molar-refractivity contribution in [2.24, 2.45) is 11.8 Å². The Morgan fingerprint density at radius 2 is 1.60 bits per heavy atom. The Morgan fingerprint density at radius 3 is 2.16 bits per heavy atom. The van der Waals surface area contributed by atoms with Crippen molar-refractivity contribution < 1.29 is 27.5 Å². The van der Waals surface area contributed by atoms with Crippen LogP contribution in [0.4, 0.5) is 9.80 Å². The molecular weight excluding hydrogens is 587 g/mol. The van der Waals surface area contributed by atoms with Gasteiger partial charge in [0.2, 0.25) is 0 Å². The molecule has 11 heteroatoms. The Morgan fingerprint density at radius 1 is 0.953 bits per heavy atom. The molecule has 1 amide bonds. The third-order valence-corrected chi connectivity index (χ3v) is 9.19. The monoisotopic (exact) mass is 627 g/mol. The Hall–Kier alpha value is -3.54. The number of anilines is 1. The van der Waals surface area contributed by atoms with Crippen molar-refractivity contribution in [1.29, 1.82) is 0 Å². The van der Waals surface area contributed by atoms with Crippen LogP contribution >= 0.6 is 11.3 Å². The quantitative estimate of drug-likeness (QED) is 0.113. The smallest absolute Gasteiger partial charge is 0.357 e. The van der Waals surface area contributed by atoms with Crippen molar-refractivity contribution in [2.45, 2.75) is 60.0 Å². The number of sulfonamides is 1. The Balaban J connectivity index is 1.93. The van der Waals surface area contributed by atoms with E-state index in [0.717, 1.165) is 22.4 Å². The third-order valence-electron chi connectivity index (χ3n) is 6.88. The number of ketones is 1. The second-order valence-corrected chi connectivity index (χ2v) is 13.6. The number of nitrogens with one attached hydrogen (secondary N) is 3. The fourth-order valence-electron chi connectivity index (χ4n) is 4.70. The second-order valence-electron chi connectivity index (χ2n) is 10.9. The number of carbonyl (C=O) groups is 3. The SMILES string of the molecule is CCNC(=O)S(=O)(=O)Nc1sc(CC(C)C)cc1-c1ccc(CNC(C(=O)OCC)(C(=O)c2ccccc2)C(C)C)cc1. The topological polar surface area (TPSA) is 131 Å². The van der Waals surface area contributed by atoms with Crippen molar-refractivity contribution in [3.05, 3.63) is 76.7 Å². The lowest BCUT2D eigenvalue weighted by Crippen LogP contribution is -2.62. The van der Waals surface area contributed by atoms with Crippen LogP contribution < -0.4 is 15.4 Å². The zero-order chi connectivity index (χ0) is 31.8. The molecule has 1 atom stereocenters. The molecule has 1 aromatic heterocycles. The molecule has 3 aromatic rings. The number of rotatable bonds is 14. The summed E-state index contributed by atoms with van der Waals surface area (Å²) in [6.45, 7) is 11.7. The van der Waals surface area contributed by atoms with E-state index in [0.29, 0.717) is 22.0 Å². The minimum atomic E-state index is -4.28. The number of esters is 1. The van der Waals surface area contributed by atoms with Gasteiger partial charge >= 0.3 is 21.2 Å². The molecule has 3 N–H and O–H groups in total. The number of benzene rings is 2. The van der Waals surface area contributed by atoms with Crippen LogP contribution in [-0.4, -0.2) is 44.1 Å². The molecule has 43 heavy (non-hydrogen) atoms. The van der Waals surface area contributed by atoms with E-state index in [1.54, 1.807) is 38.1 Å². The Labute approximate surface area is 258 Å². The van der Waals surface area contributed by atoms with Gasteiger partial charge in [-0.25, -0.2) is 4.79 Å². The molecule has 0 aliphatic carbocycles. The fraction of sp³-hybridized carbons (Fsp3) is 0.406. The average molecular weight is 628 g/mol. The first-order valence-corrected chi connectivity index (χ1v) is 16.7. The average Bonchev–Trinajstić information content (AvgIpc) is 3.34. The maximum atomic E-state index is 13.8. The number of amides is 1. The number of hydrogen-bond acceptors (Lipinski definition) is 8. The lowest BCUT2D eigenvalue weighted by atomic mass is 9.79. The van der Waals surface area contributed by atoms with E-state index in [4.69, 9.17) is 4.74 Å². The second kappa shape index (κ2) is 14.8. The predicted molar refractivity (Wildman–Crippen MR) is 172 cm³/mol. The van der Waals surface area contributed by atoms with Crippen LogP contribution in [0, 0.1) is 11.8 Å². The van der Waals surface area contributed by atoms with Gasteiger partial charge in [0.1, 0.15) is 5.00 Å². The predicted octanol–water partition coefficient (Wildman–Crippen LogP) is 6.02. The van der Waals surface area contributed by atoms with Crippen LogP contribution in [0.5, 0.6) is 0 Å². The molecule has 1 heterocycles. The van der Waals surface area contributed by atoms with Gasteiger partial charge in [-0.2, -0.15) is 8.42 Å². The molecule has 0 radical (unpaired) electrons. The molecule has 0 saturated heterocycles. The summed E-state index contributed by atoms with van der Waals surface area (Å²) >= 11 is 1.30. The first-order chi connectivity index (χ1) is 20.3. The maximum absolute atomic E-state index is 13.8. The standard InChI is InChI=1S/C32H41N3O6S2/c1-7-33-31(38)43(39,40)35-29-27(19-26(42-29)18-21(3)4)24-16-14-23(15-17-24)20-34-32(22(5)6,30(37)41-8-2)28(36)25-12-10-9-11-13-25/h9-17,19,21-22,34-35H,7-8,18,20H2,1-6H3,(H,33,38). The van der Waals surface area contributed by atoms with Crippen molar-refractivity contribution in [1.82, 2.24) is 10.6 Å². The molecule has 0 spiro atoms. The van der Waals surface area contributed by atoms with E-state index in [9.17, 15) is 22.8 Å². The van der Waals surface area contributed by atoms with Gasteiger partial charge in [-0.1, -0.05) is 82.3 Å². The highest BCUT2D eigenvalue weighted by molar-refractivity contribution is 8.07. The summed E-state index contributed by atoms with van der Waals surface area (Å²) in [4.78, 5) is 40.2. The fourth-order valence-corrected chi connectivity index (χ4v) is 7.12. The summed E-state index contributed by atoms with van der Waals surface area (Å²) in [7, 11) is -4.28. The summed E-state index contributed by atoms with van der Waals surface area (Å²) in [5, 5.41) is 4.84. The molecule has 3 rings (SSSR count). The minimum absolute atomic E-state index is 0.136. The van der Waals surface area contributed by atoms with Gasteiger partial charge in [0, 0.05) is 29.1 Å². The molecule has 0 aliphatic heterocycles. The van der Waals surface area contributed by atoms with E-state index in [2.05, 4.69) is 29.2 Å². The summed E-state index contributed by atoms with van der Waals surface area (Å²) in [5.41, 5.74) is 1.03. The van der Waals surface area contributed by atoms with E-state index >= 15 is 0 Å². The zero-order valence-electron chi connectivity index (χ0n) is 25.5. The highest BCUT2D eigenvalue weighted by Crippen LogP contribution is 2.38. The molecule has 1 unspecified atom stereocenters. The highest BCUT2D eigenvalue weighted by atomic mass is 32.2. The zero-order valence-corrected chi connectivity index (χ0v) is 27.2. The third kappa shape index (κ3) is 8.10. The molecule has 0 saturated carbocycles. The lowest BCUT2D eigenvalue weighted by molar-refractivity contribution is -0.150. The van der Waals surface area contributed by atoms with Crippen molar-refractivity contribution in [3.63, 3.8) is 0 Å². The van der Waals surface area contributed by atoms with Crippen LogP contribution in [0.2, 0.25) is 0 Å². The van der Waals surface area contributed by atoms with E-state index in [-0.39, 0.29) is 25.5 Å². The van der Waals surface area contributed by atoms with Gasteiger partial charge in [-0.15, -0.1) is 11.3 Å². The summed E-state index contributed by atoms with van der Waals surface area (Å²) in [5.74, 6) is -1.05. The van der Waals surface area contributed by atoms with E-state index < -0.39 is 32.7 Å². The largest absolute Gasteiger partial charge is 0.464 e. The van der Waals surface area contributed by atoms with E-state index in [1.807, 2.05) is 50.2 Å². The van der Waals surface area contributed by atoms with Gasteiger partial charge in [-0.05, 0) is 49.3 Å². The first kappa shape index (κ1) is 34.0.